The van der Waals surface area contributed by atoms with Gasteiger partial charge in [0.15, 0.2) is 0 Å². The zero-order chi connectivity index (χ0) is 33.4. The van der Waals surface area contributed by atoms with Gasteiger partial charge in [-0.1, -0.05) is 17.7 Å². The first-order chi connectivity index (χ1) is 22.9. The number of benzene rings is 1. The fourth-order valence-corrected chi connectivity index (χ4v) is 5.73. The molecule has 0 amide bonds. The minimum atomic E-state index is -0.288. The molecule has 2 fully saturated rings. The van der Waals surface area contributed by atoms with Gasteiger partial charge in [0.05, 0.1) is 49.7 Å². The van der Waals surface area contributed by atoms with Crippen LogP contribution in [0.1, 0.15) is 45.4 Å². The van der Waals surface area contributed by atoms with Gasteiger partial charge < -0.3 is 30.7 Å². The van der Waals surface area contributed by atoms with Crippen molar-refractivity contribution in [3.63, 3.8) is 0 Å². The van der Waals surface area contributed by atoms with Crippen LogP contribution in [0.5, 0.6) is 5.75 Å². The van der Waals surface area contributed by atoms with Crippen LogP contribution in [0.2, 0.25) is 5.02 Å². The predicted octanol–water partition coefficient (Wildman–Crippen LogP) is 3.48. The van der Waals surface area contributed by atoms with Crippen LogP contribution in [0.15, 0.2) is 52.3 Å². The summed E-state index contributed by atoms with van der Waals surface area (Å²) in [7, 11) is 1.78. The molecule has 0 radical (unpaired) electrons. The number of nitrogens with two attached hydrogens (primary N) is 2. The number of nitriles is 1. The van der Waals surface area contributed by atoms with E-state index in [2.05, 4.69) is 36.7 Å². The standard InChI is InChI=1S/C32H46ClN11O3/c1-23(21-44(36)22-41-35)47-30-17-24(5-10-28(30)33)25-18-39-32(40-19-25)42-29(31(37-2)46-14-4-3-11-34)20-38-26-6-8-27(9-7-26)43-12-15-45-16-13-43/h5,10,17-20,22-23,26-27,37H,3-4,6-9,12-16,21,35-36H2,1-2H3,(H,39,40,42)/b31-29-,38-20?,41-22-/t23-,26?,27?/m0/s1. The molecule has 6 N–H and O–H groups in total. The number of hydrazone groups is 1. The van der Waals surface area contributed by atoms with Gasteiger partial charge in [0.25, 0.3) is 0 Å². The van der Waals surface area contributed by atoms with Crippen molar-refractivity contribution < 1.29 is 14.2 Å². The Hall–Kier alpha value is -4.16. The van der Waals surface area contributed by atoms with Crippen molar-refractivity contribution in [2.45, 2.75) is 63.6 Å². The first-order valence-corrected chi connectivity index (χ1v) is 16.3. The SMILES string of the molecule is CN/C(OCCCC#N)=C(\C=NC1CCC(N2CCOCC2)CC1)Nc1ncc(-c2ccc(Cl)c(O[C@@H](C)CN(N)/C=N\N)c2)cn1. The molecule has 14 nitrogen and oxygen atoms in total. The Kier molecular flexibility index (Phi) is 14.3. The lowest BCUT2D eigenvalue weighted by atomic mass is 9.90. The molecule has 0 bridgehead atoms. The lowest BCUT2D eigenvalue weighted by Crippen LogP contribution is -2.45. The molecule has 1 atom stereocenters. The molecule has 1 aliphatic carbocycles. The summed E-state index contributed by atoms with van der Waals surface area (Å²) < 4.78 is 17.5. The molecule has 1 saturated carbocycles. The minimum absolute atomic E-state index is 0.217. The highest BCUT2D eigenvalue weighted by atomic mass is 35.5. The number of rotatable bonds is 16. The van der Waals surface area contributed by atoms with Crippen LogP contribution in [0.4, 0.5) is 5.95 Å². The lowest BCUT2D eigenvalue weighted by molar-refractivity contribution is 0.00755. The largest absolute Gasteiger partial charge is 0.487 e. The van der Waals surface area contributed by atoms with Crippen LogP contribution in [0.25, 0.3) is 11.1 Å². The Bertz CT molecular complexity index is 1390. The number of morpholine rings is 1. The van der Waals surface area contributed by atoms with Gasteiger partial charge in [-0.15, -0.1) is 0 Å². The maximum atomic E-state index is 8.92. The molecule has 0 unspecified atom stereocenters. The Morgan fingerprint density at radius 1 is 1.23 bits per heavy atom. The summed E-state index contributed by atoms with van der Waals surface area (Å²) in [5.41, 5.74) is 2.22. The molecule has 4 rings (SSSR count). The summed E-state index contributed by atoms with van der Waals surface area (Å²) in [5.74, 6) is 12.4. The molecule has 15 heteroatoms. The number of anilines is 1. The molecular weight excluding hydrogens is 622 g/mol. The average Bonchev–Trinajstić information content (AvgIpc) is 3.09. The monoisotopic (exact) mass is 667 g/mol. The number of allylic oxidation sites excluding steroid dienone is 1. The van der Waals surface area contributed by atoms with E-state index in [4.69, 9.17) is 47.8 Å². The Balaban J connectivity index is 1.45. The van der Waals surface area contributed by atoms with Gasteiger partial charge in [-0.2, -0.15) is 10.4 Å². The number of aliphatic imine (C=N–C) groups is 1. The molecule has 1 aromatic carbocycles. The van der Waals surface area contributed by atoms with E-state index < -0.39 is 0 Å². The Labute approximate surface area is 281 Å². The smallest absolute Gasteiger partial charge is 0.227 e. The molecule has 254 valence electrons. The van der Waals surface area contributed by atoms with Gasteiger partial charge in [-0.05, 0) is 56.7 Å². The molecule has 0 spiro atoms. The summed E-state index contributed by atoms with van der Waals surface area (Å²) in [6, 6.07) is 8.44. The van der Waals surface area contributed by atoms with Crippen molar-refractivity contribution in [2.75, 3.05) is 51.8 Å². The summed E-state index contributed by atoms with van der Waals surface area (Å²) in [6.07, 6.45) is 11.6. The summed E-state index contributed by atoms with van der Waals surface area (Å²) in [5, 5.41) is 20.5. The highest BCUT2D eigenvalue weighted by Gasteiger charge is 2.26. The van der Waals surface area contributed by atoms with Gasteiger partial charge >= 0.3 is 0 Å². The van der Waals surface area contributed by atoms with E-state index in [1.54, 1.807) is 31.7 Å². The molecule has 2 aromatic rings. The number of nitrogens with zero attached hydrogens (tertiary/aromatic N) is 7. The van der Waals surface area contributed by atoms with Gasteiger partial charge in [0.2, 0.25) is 11.8 Å². The van der Waals surface area contributed by atoms with E-state index in [-0.39, 0.29) is 12.1 Å². The van der Waals surface area contributed by atoms with Gasteiger partial charge in [0, 0.05) is 50.6 Å². The zero-order valence-corrected chi connectivity index (χ0v) is 27.9. The summed E-state index contributed by atoms with van der Waals surface area (Å²) >= 11 is 6.42. The fourth-order valence-electron chi connectivity index (χ4n) is 5.57. The number of hydrazine groups is 1. The Morgan fingerprint density at radius 3 is 2.66 bits per heavy atom. The lowest BCUT2D eigenvalue weighted by Gasteiger charge is -2.38. The highest BCUT2D eigenvalue weighted by Crippen LogP contribution is 2.31. The third kappa shape index (κ3) is 11.2. The van der Waals surface area contributed by atoms with Gasteiger partial charge in [-0.3, -0.25) is 14.9 Å². The maximum absolute atomic E-state index is 8.92. The topological polar surface area (TPSA) is 185 Å². The van der Waals surface area contributed by atoms with Crippen LogP contribution < -0.4 is 27.1 Å². The van der Waals surface area contributed by atoms with Crippen molar-refractivity contribution in [2.24, 2.45) is 21.8 Å². The van der Waals surface area contributed by atoms with Crippen LogP contribution in [-0.4, -0.2) is 97.1 Å². The van der Waals surface area contributed by atoms with Crippen LogP contribution >= 0.6 is 11.6 Å². The predicted molar refractivity (Wildman–Crippen MR) is 184 cm³/mol. The van der Waals surface area contributed by atoms with Crippen molar-refractivity contribution in [1.29, 1.82) is 5.26 Å². The van der Waals surface area contributed by atoms with Crippen molar-refractivity contribution in [3.05, 3.63) is 47.2 Å². The highest BCUT2D eigenvalue weighted by molar-refractivity contribution is 6.32. The second kappa shape index (κ2) is 18.9. The fraction of sp³-hybridized carbons (Fsp3) is 0.531. The number of unbranched alkanes of at least 4 members (excludes halogenated alkanes) is 1. The maximum Gasteiger partial charge on any atom is 0.227 e. The summed E-state index contributed by atoms with van der Waals surface area (Å²) in [4.78, 5) is 16.6. The average molecular weight is 668 g/mol. The van der Waals surface area contributed by atoms with E-state index in [1.807, 2.05) is 19.1 Å². The number of ether oxygens (including phenoxy) is 3. The number of aromatic nitrogens is 2. The van der Waals surface area contributed by atoms with E-state index in [0.29, 0.717) is 60.3 Å². The minimum Gasteiger partial charge on any atom is -0.487 e. The Morgan fingerprint density at radius 2 is 1.98 bits per heavy atom. The molecule has 2 aliphatic rings. The number of nitrogens with one attached hydrogen (secondary N) is 2. The molecule has 1 aromatic heterocycles. The molecule has 47 heavy (non-hydrogen) atoms. The van der Waals surface area contributed by atoms with Gasteiger partial charge in [-0.25, -0.2) is 15.8 Å². The molecular formula is C32H46ClN11O3. The van der Waals surface area contributed by atoms with Gasteiger partial charge in [0.1, 0.15) is 23.9 Å². The van der Waals surface area contributed by atoms with E-state index in [1.165, 1.54) is 11.3 Å². The molecule has 1 aliphatic heterocycles. The molecule has 2 heterocycles. The third-order valence-corrected chi connectivity index (χ3v) is 8.28. The van der Waals surface area contributed by atoms with E-state index >= 15 is 0 Å². The number of hydrogen-bond acceptors (Lipinski definition) is 13. The molecule has 1 saturated heterocycles. The van der Waals surface area contributed by atoms with Crippen LogP contribution in [0.3, 0.4) is 0 Å². The first kappa shape index (κ1) is 35.7. The van der Waals surface area contributed by atoms with Crippen molar-refractivity contribution >= 4 is 30.1 Å². The van der Waals surface area contributed by atoms with E-state index in [0.717, 1.165) is 63.1 Å². The number of halogens is 1. The third-order valence-electron chi connectivity index (χ3n) is 7.97. The van der Waals surface area contributed by atoms with Crippen LogP contribution in [0, 0.1) is 11.3 Å². The normalized spacial score (nSPS) is 20.0. The van der Waals surface area contributed by atoms with Crippen LogP contribution in [-0.2, 0) is 9.47 Å². The number of hydrogen-bond donors (Lipinski definition) is 4. The first-order valence-electron chi connectivity index (χ1n) is 16.0. The van der Waals surface area contributed by atoms with E-state index in [9.17, 15) is 0 Å². The zero-order valence-electron chi connectivity index (χ0n) is 27.1. The van der Waals surface area contributed by atoms with Crippen molar-refractivity contribution in [3.8, 4) is 22.9 Å². The van der Waals surface area contributed by atoms with Crippen molar-refractivity contribution in [1.82, 2.24) is 25.2 Å². The second-order valence-corrected chi connectivity index (χ2v) is 11.9. The quantitative estimate of drug-likeness (QED) is 0.0511. The second-order valence-electron chi connectivity index (χ2n) is 11.4. The summed E-state index contributed by atoms with van der Waals surface area (Å²) in [6.45, 7) is 6.26.